The van der Waals surface area contributed by atoms with Crippen LogP contribution in [0.5, 0.6) is 0 Å². The molecule has 0 saturated carbocycles. The van der Waals surface area contributed by atoms with Gasteiger partial charge in [-0.2, -0.15) is 9.80 Å². The van der Waals surface area contributed by atoms with Crippen molar-refractivity contribution in [1.82, 2.24) is 9.80 Å². The normalized spacial score (nSPS) is 23.7. The summed E-state index contributed by atoms with van der Waals surface area (Å²) in [6, 6.07) is 6.70. The summed E-state index contributed by atoms with van der Waals surface area (Å²) in [4.78, 5) is 79.6. The van der Waals surface area contributed by atoms with Crippen molar-refractivity contribution in [3.8, 4) is 0 Å². The van der Waals surface area contributed by atoms with Crippen molar-refractivity contribution in [2.45, 2.75) is 214 Å². The fraction of sp³-hybridized carbons (Fsp3) is 0.765. The van der Waals surface area contributed by atoms with Crippen LogP contribution in [-0.4, -0.2) is 162 Å². The van der Waals surface area contributed by atoms with E-state index in [1.165, 1.54) is 6.92 Å². The molecule has 2 heterocycles. The molecule has 20 heteroatoms. The first-order chi connectivity index (χ1) is 32.9. The topological polar surface area (TPSA) is 231 Å². The van der Waals surface area contributed by atoms with Crippen LogP contribution >= 0.6 is 0 Å². The molecular weight excluding hydrogens is 929 g/mol. The number of imide groups is 2. The largest absolute Gasteiger partial charge is 0.458 e. The number of nitrogens with zero attached hydrogens (tertiary/aromatic N) is 2. The second kappa shape index (κ2) is 28.6. The zero-order chi connectivity index (χ0) is 53.9. The van der Waals surface area contributed by atoms with Gasteiger partial charge in [-0.1, -0.05) is 57.0 Å². The number of cyclic esters (lactones) is 2. The number of benzene rings is 1. The van der Waals surface area contributed by atoms with Gasteiger partial charge in [0.1, 0.15) is 59.0 Å². The minimum atomic E-state index is -1.47. The Morgan fingerprint density at radius 2 is 0.930 bits per heavy atom. The number of hydrogen-bond donors (Lipinski definition) is 1. The summed E-state index contributed by atoms with van der Waals surface area (Å²) in [6.45, 7) is 27.5. The van der Waals surface area contributed by atoms with Crippen LogP contribution in [0, 0.1) is 0 Å². The number of rotatable bonds is 13. The second-order valence-corrected chi connectivity index (χ2v) is 21.3. The Bertz CT molecular complexity index is 1760. The summed E-state index contributed by atoms with van der Waals surface area (Å²) in [7, 11) is 0. The average Bonchev–Trinajstić information content (AvgIpc) is 3.30. The summed E-state index contributed by atoms with van der Waals surface area (Å²) in [5, 5.41) is 10.6. The van der Waals surface area contributed by atoms with Gasteiger partial charge >= 0.3 is 36.3 Å². The highest BCUT2D eigenvalue weighted by atomic mass is 16.6. The SMILES string of the molecule is CCCCO[C@H]1COC[C@H](N(C(=O)OC(C)(C)C)C(=O)OC(C)(C)C)C(=O)O[C@@H](C)[C@@H]1O.CCCCO[C@H]1COC[C@H](N(C(=O)OC(C)(C)C)C(=O)OC(C)(C)C)C(=O)O[C@@H](C)[C@@H]1OCc1ccccc1. The third-order valence-electron chi connectivity index (χ3n) is 9.88. The van der Waals surface area contributed by atoms with E-state index in [0.29, 0.717) is 23.0 Å². The number of unbranched alkanes of at least 4 members (excludes halogenated alkanes) is 2. The number of carbonyl (C=O) groups excluding carboxylic acids is 6. The molecule has 1 aromatic rings. The Hall–Kier alpha value is -4.60. The van der Waals surface area contributed by atoms with Crippen LogP contribution in [0.4, 0.5) is 19.2 Å². The van der Waals surface area contributed by atoms with E-state index in [1.54, 1.807) is 90.0 Å². The van der Waals surface area contributed by atoms with Gasteiger partial charge in [-0.15, -0.1) is 0 Å². The minimum absolute atomic E-state index is 0.0527. The van der Waals surface area contributed by atoms with E-state index < -0.39 is 107 Å². The Labute approximate surface area is 420 Å². The van der Waals surface area contributed by atoms with Gasteiger partial charge < -0.3 is 57.2 Å². The van der Waals surface area contributed by atoms with Crippen LogP contribution in [0.15, 0.2) is 30.3 Å². The summed E-state index contributed by atoms with van der Waals surface area (Å²) >= 11 is 0. The van der Waals surface area contributed by atoms with Crippen molar-refractivity contribution >= 4 is 36.3 Å². The number of aliphatic hydroxyl groups is 1. The molecule has 0 aliphatic carbocycles. The summed E-state index contributed by atoms with van der Waals surface area (Å²) in [5.41, 5.74) is -2.77. The lowest BCUT2D eigenvalue weighted by atomic mass is 10.1. The molecule has 8 atom stereocenters. The van der Waals surface area contributed by atoms with E-state index in [2.05, 4.69) is 6.92 Å². The lowest BCUT2D eigenvalue weighted by Gasteiger charge is -2.32. The van der Waals surface area contributed by atoms with Crippen LogP contribution in [-0.2, 0) is 68.3 Å². The Morgan fingerprint density at radius 1 is 0.563 bits per heavy atom. The minimum Gasteiger partial charge on any atom is -0.458 e. The van der Waals surface area contributed by atoms with Gasteiger partial charge in [-0.05, 0) is 115 Å². The molecule has 0 spiro atoms. The lowest BCUT2D eigenvalue weighted by molar-refractivity contribution is -0.171. The summed E-state index contributed by atoms with van der Waals surface area (Å²) < 4.78 is 62.2. The molecule has 3 rings (SSSR count). The molecule has 71 heavy (non-hydrogen) atoms. The smallest absolute Gasteiger partial charge is 0.420 e. The summed E-state index contributed by atoms with van der Waals surface area (Å²) in [5.74, 6) is -1.77. The predicted octanol–water partition coefficient (Wildman–Crippen LogP) is 8.30. The van der Waals surface area contributed by atoms with Crippen molar-refractivity contribution in [2.75, 3.05) is 39.6 Å². The fourth-order valence-electron chi connectivity index (χ4n) is 6.51. The van der Waals surface area contributed by atoms with E-state index in [-0.39, 0.29) is 33.0 Å². The van der Waals surface area contributed by atoms with Crippen LogP contribution < -0.4 is 0 Å². The van der Waals surface area contributed by atoms with Crippen LogP contribution in [0.1, 0.15) is 142 Å². The highest BCUT2D eigenvalue weighted by molar-refractivity contribution is 5.95. The van der Waals surface area contributed by atoms with Gasteiger partial charge in [0, 0.05) is 13.2 Å². The molecule has 20 nitrogen and oxygen atoms in total. The Balaban J connectivity index is 0.000000497. The van der Waals surface area contributed by atoms with E-state index in [1.807, 2.05) is 37.3 Å². The molecule has 0 aromatic heterocycles. The van der Waals surface area contributed by atoms with Gasteiger partial charge in [0.2, 0.25) is 0 Å². The number of aliphatic hydroxyl groups excluding tert-OH is 1. The molecule has 0 unspecified atom stereocenters. The number of amides is 4. The third kappa shape index (κ3) is 23.2. The van der Waals surface area contributed by atoms with Gasteiger partial charge in [0.25, 0.3) is 0 Å². The average molecular weight is 1010 g/mol. The van der Waals surface area contributed by atoms with Crippen LogP contribution in [0.3, 0.4) is 0 Å². The van der Waals surface area contributed by atoms with Gasteiger partial charge in [-0.3, -0.25) is 0 Å². The molecule has 2 saturated heterocycles. The predicted molar refractivity (Wildman–Crippen MR) is 259 cm³/mol. The molecule has 4 amide bonds. The first-order valence-electron chi connectivity index (χ1n) is 24.5. The van der Waals surface area contributed by atoms with E-state index >= 15 is 0 Å². The zero-order valence-corrected chi connectivity index (χ0v) is 45.1. The molecular formula is C51H84N2O18. The van der Waals surface area contributed by atoms with Gasteiger partial charge in [-0.25, -0.2) is 28.8 Å². The maximum atomic E-state index is 13.4. The quantitative estimate of drug-likeness (QED) is 0.111. The standard InChI is InChI=1S/C29H45NO9.C22H39NO9/c1-9-10-16-35-23-19-34-18-22(30(26(32)38-28(3,4)5)27(33)39-29(6,7)8)25(31)37-20(2)24(23)36-17-21-14-12-11-13-15-21;1-9-10-11-29-16-13-28-12-15(18(25)30-14(2)17(16)24)23(19(26)31-21(3,4)5)20(27)32-22(6,7)8/h11-15,20,22-24H,9-10,16-19H2,1-8H3;14-17,24H,9-13H2,1-8H3/t20-,22-,23-,24-;14-,15-,16-,17-/m00/s1. The molecule has 1 aromatic carbocycles. The third-order valence-corrected chi connectivity index (χ3v) is 9.88. The Morgan fingerprint density at radius 3 is 1.31 bits per heavy atom. The van der Waals surface area contributed by atoms with E-state index in [9.17, 15) is 33.9 Å². The van der Waals surface area contributed by atoms with Gasteiger partial charge in [0.15, 0.2) is 12.1 Å². The first-order valence-corrected chi connectivity index (χ1v) is 24.5. The van der Waals surface area contributed by atoms with Crippen molar-refractivity contribution in [1.29, 1.82) is 0 Å². The number of carbonyl (C=O) groups is 6. The monoisotopic (exact) mass is 1010 g/mol. The highest BCUT2D eigenvalue weighted by Gasteiger charge is 2.46. The molecule has 1 N–H and O–H groups in total. The zero-order valence-electron chi connectivity index (χ0n) is 45.1. The van der Waals surface area contributed by atoms with Crippen molar-refractivity contribution in [3.05, 3.63) is 35.9 Å². The molecule has 0 radical (unpaired) electrons. The molecule has 2 aliphatic rings. The van der Waals surface area contributed by atoms with E-state index in [4.69, 9.17) is 52.1 Å². The lowest BCUT2D eigenvalue weighted by Crippen LogP contribution is -2.54. The number of hydrogen-bond acceptors (Lipinski definition) is 18. The number of esters is 2. The summed E-state index contributed by atoms with van der Waals surface area (Å²) in [6.07, 6.45) is -5.58. The number of ether oxygens (including phenoxy) is 11. The van der Waals surface area contributed by atoms with Crippen molar-refractivity contribution in [3.63, 3.8) is 0 Å². The fourth-order valence-corrected chi connectivity index (χ4v) is 6.51. The maximum Gasteiger partial charge on any atom is 0.420 e. The highest BCUT2D eigenvalue weighted by Crippen LogP contribution is 2.24. The molecule has 0 bridgehead atoms. The second-order valence-electron chi connectivity index (χ2n) is 21.3. The van der Waals surface area contributed by atoms with Crippen LogP contribution in [0.2, 0.25) is 0 Å². The maximum absolute atomic E-state index is 13.4. The Kier molecular flexibility index (Phi) is 25.2. The van der Waals surface area contributed by atoms with Crippen LogP contribution in [0.25, 0.3) is 0 Å². The molecule has 2 fully saturated rings. The van der Waals surface area contributed by atoms with E-state index in [0.717, 1.165) is 31.2 Å². The van der Waals surface area contributed by atoms with Gasteiger partial charge in [0.05, 0.1) is 33.0 Å². The molecule has 2 aliphatic heterocycles. The first kappa shape index (κ1) is 62.5. The van der Waals surface area contributed by atoms with Crippen molar-refractivity contribution in [2.24, 2.45) is 0 Å². The van der Waals surface area contributed by atoms with Crippen molar-refractivity contribution < 1.29 is 86.0 Å². The molecule has 406 valence electrons.